The quantitative estimate of drug-likeness (QED) is 0.772. The average molecular weight is 390 g/mol. The van der Waals surface area contributed by atoms with Crippen LogP contribution in [0.5, 0.6) is 5.75 Å². The van der Waals surface area contributed by atoms with Gasteiger partial charge in [0.15, 0.2) is 0 Å². The zero-order valence-corrected chi connectivity index (χ0v) is 17.3. The van der Waals surface area contributed by atoms with E-state index < -0.39 is 0 Å². The molecule has 28 heavy (non-hydrogen) atoms. The van der Waals surface area contributed by atoms with Crippen molar-refractivity contribution in [2.24, 2.45) is 5.92 Å². The lowest BCUT2D eigenvalue weighted by Gasteiger charge is -2.46. The molecule has 2 heterocycles. The molecule has 0 bridgehead atoms. The van der Waals surface area contributed by atoms with Gasteiger partial charge < -0.3 is 19.6 Å². The summed E-state index contributed by atoms with van der Waals surface area (Å²) in [5.41, 5.74) is 0.699. The summed E-state index contributed by atoms with van der Waals surface area (Å²) < 4.78 is 5.55. The Labute approximate surface area is 169 Å². The normalized spacial score (nSPS) is 24.3. The van der Waals surface area contributed by atoms with Gasteiger partial charge in [-0.05, 0) is 57.4 Å². The highest BCUT2D eigenvalue weighted by Gasteiger charge is 2.35. The number of benzene rings is 1. The number of ether oxygens (including phenoxy) is 1. The Morgan fingerprint density at radius 2 is 2.00 bits per heavy atom. The molecule has 0 saturated carbocycles. The number of carbonyl (C=O) groups excluding carboxylic acids is 1. The van der Waals surface area contributed by atoms with E-state index in [4.69, 9.17) is 4.74 Å². The van der Waals surface area contributed by atoms with Gasteiger partial charge in [-0.3, -0.25) is 9.69 Å². The van der Waals surface area contributed by atoms with Gasteiger partial charge in [-0.1, -0.05) is 6.07 Å². The topological polar surface area (TPSA) is 56.2 Å². The Bertz CT molecular complexity index is 631. The number of carbonyl (C=O) groups is 1. The standard InChI is InChI=1S/C22H35N3O3/c1-3-28-20-8-4-6-18(16-20)22(27)25-10-9-21(19(17-25)7-5-15-26)24-13-11-23(2)12-14-24/h4,6,8,16,19,21,26H,3,5,7,9-15,17H2,1-2H3. The number of rotatable bonds is 7. The Hall–Kier alpha value is -1.63. The third-order valence-electron chi connectivity index (χ3n) is 6.11. The van der Waals surface area contributed by atoms with E-state index in [9.17, 15) is 9.90 Å². The fourth-order valence-electron chi connectivity index (χ4n) is 4.54. The number of hydrogen-bond donors (Lipinski definition) is 1. The molecule has 6 nitrogen and oxygen atoms in total. The third-order valence-corrected chi connectivity index (χ3v) is 6.11. The molecule has 156 valence electrons. The molecule has 2 aliphatic rings. The second kappa shape index (κ2) is 10.2. The minimum absolute atomic E-state index is 0.0902. The first-order chi connectivity index (χ1) is 13.6. The van der Waals surface area contributed by atoms with Gasteiger partial charge in [-0.25, -0.2) is 0 Å². The van der Waals surface area contributed by atoms with Crippen molar-refractivity contribution in [2.45, 2.75) is 32.2 Å². The van der Waals surface area contributed by atoms with Crippen LogP contribution in [0.3, 0.4) is 0 Å². The van der Waals surface area contributed by atoms with Crippen molar-refractivity contribution >= 4 is 5.91 Å². The summed E-state index contributed by atoms with van der Waals surface area (Å²) in [5.74, 6) is 1.26. The van der Waals surface area contributed by atoms with E-state index in [2.05, 4.69) is 16.8 Å². The maximum atomic E-state index is 13.1. The van der Waals surface area contributed by atoms with E-state index in [0.29, 0.717) is 24.1 Å². The highest BCUT2D eigenvalue weighted by atomic mass is 16.5. The Kier molecular flexibility index (Phi) is 7.71. The lowest BCUT2D eigenvalue weighted by Crippen LogP contribution is -2.56. The summed E-state index contributed by atoms with van der Waals surface area (Å²) in [5, 5.41) is 9.35. The number of piperidine rings is 1. The number of likely N-dealkylation sites (N-methyl/N-ethyl adjacent to an activating group) is 1. The van der Waals surface area contributed by atoms with E-state index in [1.807, 2.05) is 36.1 Å². The number of aliphatic hydroxyl groups excluding tert-OH is 1. The molecule has 0 radical (unpaired) electrons. The summed E-state index contributed by atoms with van der Waals surface area (Å²) in [7, 11) is 2.18. The molecular formula is C22H35N3O3. The second-order valence-electron chi connectivity index (χ2n) is 8.03. The molecule has 1 N–H and O–H groups in total. The summed E-state index contributed by atoms with van der Waals surface area (Å²) in [6.45, 7) is 8.74. The van der Waals surface area contributed by atoms with Crippen molar-refractivity contribution < 1.29 is 14.6 Å². The Morgan fingerprint density at radius 3 is 2.71 bits per heavy atom. The smallest absolute Gasteiger partial charge is 0.253 e. The first-order valence-corrected chi connectivity index (χ1v) is 10.7. The fourth-order valence-corrected chi connectivity index (χ4v) is 4.54. The van der Waals surface area contributed by atoms with Crippen molar-refractivity contribution in [3.8, 4) is 5.75 Å². The molecule has 2 unspecified atom stereocenters. The first-order valence-electron chi connectivity index (χ1n) is 10.7. The van der Waals surface area contributed by atoms with Crippen LogP contribution in [0, 0.1) is 5.92 Å². The van der Waals surface area contributed by atoms with Crippen LogP contribution < -0.4 is 4.74 Å². The Morgan fingerprint density at radius 1 is 1.21 bits per heavy atom. The molecule has 0 spiro atoms. The molecule has 1 amide bonds. The zero-order valence-electron chi connectivity index (χ0n) is 17.3. The van der Waals surface area contributed by atoms with Gasteiger partial charge >= 0.3 is 0 Å². The molecule has 0 aliphatic carbocycles. The van der Waals surface area contributed by atoms with Crippen molar-refractivity contribution in [3.63, 3.8) is 0 Å². The molecule has 6 heteroatoms. The average Bonchev–Trinajstić information content (AvgIpc) is 2.72. The van der Waals surface area contributed by atoms with Crippen LogP contribution in [0.1, 0.15) is 36.5 Å². The van der Waals surface area contributed by atoms with Crippen molar-refractivity contribution in [2.75, 3.05) is 59.5 Å². The summed E-state index contributed by atoms with van der Waals surface area (Å²) in [4.78, 5) is 20.1. The largest absolute Gasteiger partial charge is 0.494 e. The van der Waals surface area contributed by atoms with Gasteiger partial charge in [-0.15, -0.1) is 0 Å². The maximum absolute atomic E-state index is 13.1. The van der Waals surface area contributed by atoms with Gasteiger partial charge in [0.05, 0.1) is 6.61 Å². The van der Waals surface area contributed by atoms with Gasteiger partial charge in [0.25, 0.3) is 5.91 Å². The maximum Gasteiger partial charge on any atom is 0.253 e. The van der Waals surface area contributed by atoms with E-state index in [0.717, 1.165) is 64.3 Å². The summed E-state index contributed by atoms with van der Waals surface area (Å²) >= 11 is 0. The highest BCUT2D eigenvalue weighted by Crippen LogP contribution is 2.28. The van der Waals surface area contributed by atoms with E-state index >= 15 is 0 Å². The number of piperazine rings is 1. The lowest BCUT2D eigenvalue weighted by atomic mass is 9.86. The molecule has 2 fully saturated rings. The molecule has 2 atom stereocenters. The van der Waals surface area contributed by atoms with Gasteiger partial charge in [0, 0.05) is 57.5 Å². The van der Waals surface area contributed by atoms with Crippen molar-refractivity contribution in [1.29, 1.82) is 0 Å². The molecule has 2 saturated heterocycles. The monoisotopic (exact) mass is 389 g/mol. The van der Waals surface area contributed by atoms with E-state index in [-0.39, 0.29) is 12.5 Å². The molecule has 1 aromatic carbocycles. The van der Waals surface area contributed by atoms with Crippen LogP contribution in [0.2, 0.25) is 0 Å². The lowest BCUT2D eigenvalue weighted by molar-refractivity contribution is 0.0217. The highest BCUT2D eigenvalue weighted by molar-refractivity contribution is 5.94. The van der Waals surface area contributed by atoms with Crippen molar-refractivity contribution in [3.05, 3.63) is 29.8 Å². The van der Waals surface area contributed by atoms with Gasteiger partial charge in [-0.2, -0.15) is 0 Å². The minimum Gasteiger partial charge on any atom is -0.494 e. The summed E-state index contributed by atoms with van der Waals surface area (Å²) in [6, 6.07) is 8.02. The SMILES string of the molecule is CCOc1cccc(C(=O)N2CCC(N3CCN(C)CC3)C(CCCO)C2)c1. The first kappa shape index (κ1) is 21.1. The van der Waals surface area contributed by atoms with Crippen LogP contribution >= 0.6 is 0 Å². The van der Waals surface area contributed by atoms with E-state index in [1.54, 1.807) is 0 Å². The molecule has 1 aromatic rings. The van der Waals surface area contributed by atoms with E-state index in [1.165, 1.54) is 0 Å². The fraction of sp³-hybridized carbons (Fsp3) is 0.682. The number of hydrogen-bond acceptors (Lipinski definition) is 5. The van der Waals surface area contributed by atoms with Gasteiger partial charge in [0.2, 0.25) is 0 Å². The molecular weight excluding hydrogens is 354 g/mol. The number of likely N-dealkylation sites (tertiary alicyclic amines) is 1. The van der Waals surface area contributed by atoms with Crippen LogP contribution in [0.15, 0.2) is 24.3 Å². The number of amides is 1. The zero-order chi connectivity index (χ0) is 19.9. The van der Waals surface area contributed by atoms with Crippen LogP contribution in [0.25, 0.3) is 0 Å². The predicted octanol–water partition coefficient (Wildman–Crippen LogP) is 1.94. The van der Waals surface area contributed by atoms with Crippen LogP contribution in [-0.4, -0.2) is 91.3 Å². The molecule has 2 aliphatic heterocycles. The number of aliphatic hydroxyl groups is 1. The van der Waals surface area contributed by atoms with Crippen LogP contribution in [-0.2, 0) is 0 Å². The Balaban J connectivity index is 1.67. The predicted molar refractivity (Wildman–Crippen MR) is 111 cm³/mol. The van der Waals surface area contributed by atoms with Gasteiger partial charge in [0.1, 0.15) is 5.75 Å². The number of nitrogens with zero attached hydrogens (tertiary/aromatic N) is 3. The van der Waals surface area contributed by atoms with Crippen molar-refractivity contribution in [1.82, 2.24) is 14.7 Å². The minimum atomic E-state index is 0.0902. The third kappa shape index (κ3) is 5.25. The van der Waals surface area contributed by atoms with Crippen LogP contribution in [0.4, 0.5) is 0 Å². The molecule has 0 aromatic heterocycles. The second-order valence-corrected chi connectivity index (χ2v) is 8.03. The summed E-state index contributed by atoms with van der Waals surface area (Å²) in [6.07, 6.45) is 2.78. The molecule has 3 rings (SSSR count).